The van der Waals surface area contributed by atoms with Crippen molar-refractivity contribution >= 4 is 27.7 Å². The van der Waals surface area contributed by atoms with E-state index in [0.29, 0.717) is 17.3 Å². The standard InChI is InChI=1S/C28H29N3O3/c1-34-21-10-8-9-20(17-21)26(30-15-6-7-16-30)18-29-27(32)19-31-24-13-4-2-11-22(24)28(33)23-12-3-5-14-25(23)31/h2-5,8-14,17,26H,6-7,15-16,18-19H2,1H3,(H,29,32). The van der Waals surface area contributed by atoms with E-state index >= 15 is 0 Å². The van der Waals surface area contributed by atoms with Crippen LogP contribution in [0.1, 0.15) is 24.4 Å². The molecule has 1 N–H and O–H groups in total. The molecule has 1 amide bonds. The highest BCUT2D eigenvalue weighted by Gasteiger charge is 2.24. The fourth-order valence-corrected chi connectivity index (χ4v) is 5.02. The Labute approximate surface area is 198 Å². The van der Waals surface area contributed by atoms with Crippen molar-refractivity contribution in [2.24, 2.45) is 0 Å². The minimum absolute atomic E-state index is 0.00465. The summed E-state index contributed by atoms with van der Waals surface area (Å²) in [6, 6.07) is 23.1. The number of methoxy groups -OCH3 is 1. The molecule has 0 spiro atoms. The maximum atomic E-state index is 13.2. The number of fused-ring (bicyclic) bond motifs is 2. The van der Waals surface area contributed by atoms with Crippen LogP contribution < -0.4 is 15.5 Å². The van der Waals surface area contributed by atoms with Crippen LogP contribution in [-0.2, 0) is 11.3 Å². The second kappa shape index (κ2) is 9.69. The summed E-state index contributed by atoms with van der Waals surface area (Å²) in [5.41, 5.74) is 2.67. The molecule has 1 aliphatic rings. The lowest BCUT2D eigenvalue weighted by Crippen LogP contribution is -2.38. The maximum absolute atomic E-state index is 13.2. The molecule has 1 saturated heterocycles. The molecule has 6 heteroatoms. The van der Waals surface area contributed by atoms with Crippen LogP contribution >= 0.6 is 0 Å². The third-order valence-corrected chi connectivity index (χ3v) is 6.73. The van der Waals surface area contributed by atoms with Gasteiger partial charge in [-0.05, 0) is 67.9 Å². The highest BCUT2D eigenvalue weighted by atomic mass is 16.5. The highest BCUT2D eigenvalue weighted by Crippen LogP contribution is 2.27. The lowest BCUT2D eigenvalue weighted by molar-refractivity contribution is -0.121. The van der Waals surface area contributed by atoms with Crippen LogP contribution in [0.15, 0.2) is 77.6 Å². The second-order valence-corrected chi connectivity index (χ2v) is 8.79. The van der Waals surface area contributed by atoms with Crippen LogP contribution in [0.5, 0.6) is 5.75 Å². The van der Waals surface area contributed by atoms with Crippen LogP contribution in [0.4, 0.5) is 0 Å². The molecule has 34 heavy (non-hydrogen) atoms. The fraction of sp³-hybridized carbons (Fsp3) is 0.286. The van der Waals surface area contributed by atoms with Crippen LogP contribution in [0.2, 0.25) is 0 Å². The Kier molecular flexibility index (Phi) is 6.32. The number of rotatable bonds is 7. The number of carbonyl (C=O) groups is 1. The van der Waals surface area contributed by atoms with Crippen LogP contribution in [0.25, 0.3) is 21.8 Å². The number of para-hydroxylation sites is 2. The molecule has 174 valence electrons. The van der Waals surface area contributed by atoms with E-state index in [-0.39, 0.29) is 23.9 Å². The van der Waals surface area contributed by atoms with Gasteiger partial charge in [0, 0.05) is 17.3 Å². The molecule has 1 atom stereocenters. The quantitative estimate of drug-likeness (QED) is 0.426. The smallest absolute Gasteiger partial charge is 0.240 e. The first-order chi connectivity index (χ1) is 16.7. The number of benzene rings is 3. The highest BCUT2D eigenvalue weighted by molar-refractivity contribution is 5.94. The number of nitrogens with one attached hydrogen (secondary N) is 1. The number of hydrogen-bond donors (Lipinski definition) is 1. The fourth-order valence-electron chi connectivity index (χ4n) is 5.02. The summed E-state index contributed by atoms with van der Waals surface area (Å²) in [6.45, 7) is 2.70. The Bertz CT molecular complexity index is 1330. The average molecular weight is 456 g/mol. The molecule has 1 unspecified atom stereocenters. The molecular weight excluding hydrogens is 426 g/mol. The summed E-state index contributed by atoms with van der Waals surface area (Å²) in [5, 5.41) is 4.42. The van der Waals surface area contributed by atoms with E-state index in [1.807, 2.05) is 65.2 Å². The number of nitrogens with zero attached hydrogens (tertiary/aromatic N) is 2. The first-order valence-electron chi connectivity index (χ1n) is 11.8. The maximum Gasteiger partial charge on any atom is 0.240 e. The number of aromatic nitrogens is 1. The molecule has 3 aromatic carbocycles. The molecule has 0 aliphatic carbocycles. The zero-order valence-electron chi connectivity index (χ0n) is 19.4. The van der Waals surface area contributed by atoms with Crippen molar-refractivity contribution in [2.45, 2.75) is 25.4 Å². The van der Waals surface area contributed by atoms with E-state index in [4.69, 9.17) is 4.74 Å². The molecule has 2 heterocycles. The minimum Gasteiger partial charge on any atom is -0.497 e. The van der Waals surface area contributed by atoms with Crippen LogP contribution in [-0.4, -0.2) is 42.1 Å². The number of carbonyl (C=O) groups excluding carboxylic acids is 1. The predicted molar refractivity (Wildman–Crippen MR) is 135 cm³/mol. The number of likely N-dealkylation sites (tertiary alicyclic amines) is 1. The Balaban J connectivity index is 1.42. The first kappa shape index (κ1) is 22.2. The number of pyridine rings is 1. The van der Waals surface area contributed by atoms with Crippen LogP contribution in [0.3, 0.4) is 0 Å². The SMILES string of the molecule is COc1cccc(C(CNC(=O)Cn2c3ccccc3c(=O)c3ccccc32)N2CCCC2)c1. The van der Waals surface area contributed by atoms with Gasteiger partial charge in [0.25, 0.3) is 0 Å². The van der Waals surface area contributed by atoms with Crippen molar-refractivity contribution < 1.29 is 9.53 Å². The van der Waals surface area contributed by atoms with Crippen molar-refractivity contribution in [3.8, 4) is 5.75 Å². The average Bonchev–Trinajstić information content (AvgIpc) is 3.41. The van der Waals surface area contributed by atoms with E-state index in [1.165, 1.54) is 12.8 Å². The van der Waals surface area contributed by atoms with Gasteiger partial charge in [-0.1, -0.05) is 36.4 Å². The molecule has 0 bridgehead atoms. The van der Waals surface area contributed by atoms with Gasteiger partial charge in [-0.15, -0.1) is 0 Å². The van der Waals surface area contributed by atoms with E-state index in [1.54, 1.807) is 7.11 Å². The summed E-state index contributed by atoms with van der Waals surface area (Å²) < 4.78 is 7.37. The van der Waals surface area contributed by atoms with Gasteiger partial charge in [0.05, 0.1) is 24.2 Å². The predicted octanol–water partition coefficient (Wildman–Crippen LogP) is 4.12. The van der Waals surface area contributed by atoms with Crippen molar-refractivity contribution in [3.05, 3.63) is 88.6 Å². The summed E-state index contributed by atoms with van der Waals surface area (Å²) >= 11 is 0. The Morgan fingerprint density at radius 2 is 1.59 bits per heavy atom. The first-order valence-corrected chi connectivity index (χ1v) is 11.8. The lowest BCUT2D eigenvalue weighted by atomic mass is 10.0. The molecule has 6 nitrogen and oxygen atoms in total. The number of ether oxygens (including phenoxy) is 1. The molecular formula is C28H29N3O3. The Hall–Kier alpha value is -3.64. The van der Waals surface area contributed by atoms with Gasteiger partial charge in [-0.25, -0.2) is 0 Å². The van der Waals surface area contributed by atoms with Gasteiger partial charge in [0.1, 0.15) is 12.3 Å². The molecule has 5 rings (SSSR count). The zero-order chi connectivity index (χ0) is 23.5. The van der Waals surface area contributed by atoms with Gasteiger partial charge < -0.3 is 14.6 Å². The summed E-state index contributed by atoms with van der Waals surface area (Å²) in [5.74, 6) is 0.741. The zero-order valence-corrected chi connectivity index (χ0v) is 19.4. The third kappa shape index (κ3) is 4.29. The largest absolute Gasteiger partial charge is 0.497 e. The molecule has 0 radical (unpaired) electrons. The number of amides is 1. The monoisotopic (exact) mass is 455 g/mol. The topological polar surface area (TPSA) is 63.6 Å². The minimum atomic E-state index is -0.0777. The Morgan fingerprint density at radius 3 is 2.24 bits per heavy atom. The van der Waals surface area contributed by atoms with Gasteiger partial charge in [-0.3, -0.25) is 14.5 Å². The molecule has 4 aromatic rings. The third-order valence-electron chi connectivity index (χ3n) is 6.73. The van der Waals surface area contributed by atoms with Crippen molar-refractivity contribution in [2.75, 3.05) is 26.7 Å². The van der Waals surface area contributed by atoms with E-state index < -0.39 is 0 Å². The van der Waals surface area contributed by atoms with Gasteiger partial charge in [0.2, 0.25) is 5.91 Å². The van der Waals surface area contributed by atoms with Gasteiger partial charge >= 0.3 is 0 Å². The summed E-state index contributed by atoms with van der Waals surface area (Å²) in [7, 11) is 1.67. The molecule has 1 aromatic heterocycles. The van der Waals surface area contributed by atoms with E-state index in [9.17, 15) is 9.59 Å². The molecule has 1 fully saturated rings. The second-order valence-electron chi connectivity index (χ2n) is 8.79. The van der Waals surface area contributed by atoms with Gasteiger partial charge in [-0.2, -0.15) is 0 Å². The van der Waals surface area contributed by atoms with Crippen molar-refractivity contribution in [3.63, 3.8) is 0 Å². The van der Waals surface area contributed by atoms with E-state index in [2.05, 4.69) is 22.3 Å². The normalized spacial score (nSPS) is 15.0. The summed E-state index contributed by atoms with van der Waals surface area (Å²) in [4.78, 5) is 28.6. The lowest BCUT2D eigenvalue weighted by Gasteiger charge is -2.28. The van der Waals surface area contributed by atoms with Crippen molar-refractivity contribution in [1.82, 2.24) is 14.8 Å². The van der Waals surface area contributed by atoms with Crippen LogP contribution in [0, 0.1) is 0 Å². The van der Waals surface area contributed by atoms with Crippen molar-refractivity contribution in [1.29, 1.82) is 0 Å². The summed E-state index contributed by atoms with van der Waals surface area (Å²) in [6.07, 6.45) is 2.34. The Morgan fingerprint density at radius 1 is 0.941 bits per heavy atom. The van der Waals surface area contributed by atoms with E-state index in [0.717, 1.165) is 35.4 Å². The molecule has 1 aliphatic heterocycles. The number of hydrogen-bond acceptors (Lipinski definition) is 4. The molecule has 0 saturated carbocycles. The van der Waals surface area contributed by atoms with Gasteiger partial charge in [0.15, 0.2) is 5.43 Å².